The van der Waals surface area contributed by atoms with Crippen LogP contribution in [0.15, 0.2) is 24.4 Å². The van der Waals surface area contributed by atoms with Gasteiger partial charge in [0.1, 0.15) is 24.0 Å². The average molecular weight is 268 g/mol. The van der Waals surface area contributed by atoms with Gasteiger partial charge in [0.05, 0.1) is 12.2 Å². The van der Waals surface area contributed by atoms with Gasteiger partial charge in [0.15, 0.2) is 0 Å². The number of nitrogens with one attached hydrogen (secondary N) is 1. The fourth-order valence-electron chi connectivity index (χ4n) is 1.58. The van der Waals surface area contributed by atoms with Crippen LogP contribution in [0.4, 0.5) is 8.78 Å². The number of benzene rings is 1. The highest BCUT2D eigenvalue weighted by Gasteiger charge is 2.03. The maximum atomic E-state index is 12.9. The van der Waals surface area contributed by atoms with E-state index in [1.807, 2.05) is 7.05 Å². The molecule has 0 bridgehead atoms. The number of aromatic nitrogens is 3. The Bertz CT molecular complexity index is 524. The maximum absolute atomic E-state index is 12.9. The lowest BCUT2D eigenvalue weighted by Gasteiger charge is -2.06. The van der Waals surface area contributed by atoms with Crippen LogP contribution in [0.5, 0.6) is 5.75 Å². The summed E-state index contributed by atoms with van der Waals surface area (Å²) in [6.07, 6.45) is 1.78. The number of hydrogen-bond donors (Lipinski definition) is 1. The molecule has 1 N–H and O–H groups in total. The van der Waals surface area contributed by atoms with Crippen molar-refractivity contribution in [3.63, 3.8) is 0 Å². The Morgan fingerprint density at radius 2 is 2.00 bits per heavy atom. The van der Waals surface area contributed by atoms with E-state index < -0.39 is 11.6 Å². The summed E-state index contributed by atoms with van der Waals surface area (Å²) in [6.45, 7) is 1.34. The number of rotatable bonds is 6. The molecule has 0 unspecified atom stereocenters. The number of halogens is 2. The van der Waals surface area contributed by atoms with E-state index in [-0.39, 0.29) is 12.4 Å². The van der Waals surface area contributed by atoms with Crippen LogP contribution < -0.4 is 10.1 Å². The van der Waals surface area contributed by atoms with Crippen molar-refractivity contribution in [2.45, 2.75) is 13.1 Å². The van der Waals surface area contributed by atoms with Crippen molar-refractivity contribution in [2.24, 2.45) is 0 Å². The first-order chi connectivity index (χ1) is 9.17. The van der Waals surface area contributed by atoms with Gasteiger partial charge in [-0.15, -0.1) is 5.10 Å². The summed E-state index contributed by atoms with van der Waals surface area (Å²) in [6, 6.07) is 3.07. The van der Waals surface area contributed by atoms with Crippen molar-refractivity contribution in [2.75, 3.05) is 13.7 Å². The minimum absolute atomic E-state index is 0.160. The number of hydrogen-bond acceptors (Lipinski definition) is 4. The van der Waals surface area contributed by atoms with Gasteiger partial charge in [-0.05, 0) is 7.05 Å². The summed E-state index contributed by atoms with van der Waals surface area (Å²) in [5, 5.41) is 10.8. The van der Waals surface area contributed by atoms with Crippen LogP contribution in [0.2, 0.25) is 0 Å². The predicted octanol–water partition coefficient (Wildman–Crippen LogP) is 1.35. The molecule has 0 aliphatic rings. The molecule has 2 aromatic rings. The summed E-state index contributed by atoms with van der Waals surface area (Å²) >= 11 is 0. The molecule has 102 valence electrons. The Kier molecular flexibility index (Phi) is 4.40. The monoisotopic (exact) mass is 268 g/mol. The quantitative estimate of drug-likeness (QED) is 0.859. The van der Waals surface area contributed by atoms with Gasteiger partial charge >= 0.3 is 0 Å². The lowest BCUT2D eigenvalue weighted by atomic mass is 10.3. The van der Waals surface area contributed by atoms with E-state index in [1.54, 1.807) is 10.9 Å². The Morgan fingerprint density at radius 1 is 1.26 bits per heavy atom. The SMILES string of the molecule is CNCc1cn(CCOc2cc(F)cc(F)c2)nn1. The van der Waals surface area contributed by atoms with Crippen molar-refractivity contribution < 1.29 is 13.5 Å². The summed E-state index contributed by atoms with van der Waals surface area (Å²) in [7, 11) is 1.82. The zero-order chi connectivity index (χ0) is 13.7. The third-order valence-corrected chi connectivity index (χ3v) is 2.37. The van der Waals surface area contributed by atoms with Crippen molar-refractivity contribution >= 4 is 0 Å². The van der Waals surface area contributed by atoms with Gasteiger partial charge in [-0.2, -0.15) is 0 Å². The highest BCUT2D eigenvalue weighted by atomic mass is 19.1. The molecule has 0 radical (unpaired) electrons. The summed E-state index contributed by atoms with van der Waals surface area (Å²) in [5.74, 6) is -1.16. The normalized spacial score (nSPS) is 10.7. The predicted molar refractivity (Wildman–Crippen MR) is 64.6 cm³/mol. The molecule has 0 amide bonds. The minimum atomic E-state index is -0.660. The van der Waals surface area contributed by atoms with E-state index in [9.17, 15) is 8.78 Å². The molecule has 2 rings (SSSR count). The van der Waals surface area contributed by atoms with Crippen LogP contribution in [0.1, 0.15) is 5.69 Å². The molecule has 0 spiro atoms. The highest BCUT2D eigenvalue weighted by molar-refractivity contribution is 5.23. The van der Waals surface area contributed by atoms with Gasteiger partial charge in [0, 0.05) is 30.9 Å². The van der Waals surface area contributed by atoms with Crippen molar-refractivity contribution in [1.82, 2.24) is 20.3 Å². The summed E-state index contributed by atoms with van der Waals surface area (Å²) < 4.78 is 32.7. The molecule has 0 fully saturated rings. The van der Waals surface area contributed by atoms with E-state index in [2.05, 4.69) is 15.6 Å². The molecule has 0 saturated heterocycles. The van der Waals surface area contributed by atoms with Gasteiger partial charge in [0.25, 0.3) is 0 Å². The Hall–Kier alpha value is -2.02. The largest absolute Gasteiger partial charge is 0.491 e. The molecular formula is C12H14F2N4O. The molecular weight excluding hydrogens is 254 g/mol. The van der Waals surface area contributed by atoms with Crippen LogP contribution >= 0.6 is 0 Å². The minimum Gasteiger partial charge on any atom is -0.491 e. The maximum Gasteiger partial charge on any atom is 0.129 e. The molecule has 19 heavy (non-hydrogen) atoms. The van der Waals surface area contributed by atoms with Gasteiger partial charge in [0.2, 0.25) is 0 Å². The average Bonchev–Trinajstić information content (AvgIpc) is 2.76. The lowest BCUT2D eigenvalue weighted by molar-refractivity contribution is 0.287. The molecule has 1 aromatic carbocycles. The molecule has 5 nitrogen and oxygen atoms in total. The molecule has 0 aliphatic carbocycles. The van der Waals surface area contributed by atoms with Gasteiger partial charge < -0.3 is 10.1 Å². The first-order valence-corrected chi connectivity index (χ1v) is 5.80. The summed E-state index contributed by atoms with van der Waals surface area (Å²) in [5.41, 5.74) is 0.819. The molecule has 1 aromatic heterocycles. The van der Waals surface area contributed by atoms with Crippen LogP contribution in [-0.2, 0) is 13.1 Å². The standard InChI is InChI=1S/C12H14F2N4O/c1-15-7-11-8-18(17-16-11)2-3-19-12-5-9(13)4-10(14)6-12/h4-6,8,15H,2-3,7H2,1H3. The smallest absolute Gasteiger partial charge is 0.129 e. The fourth-order valence-corrected chi connectivity index (χ4v) is 1.58. The van der Waals surface area contributed by atoms with E-state index in [0.717, 1.165) is 23.9 Å². The molecule has 0 saturated carbocycles. The van der Waals surface area contributed by atoms with Crippen LogP contribution in [0.3, 0.4) is 0 Å². The van der Waals surface area contributed by atoms with Gasteiger partial charge in [-0.1, -0.05) is 5.21 Å². The van der Waals surface area contributed by atoms with Gasteiger partial charge in [-0.25, -0.2) is 13.5 Å². The second kappa shape index (κ2) is 6.24. The first kappa shape index (κ1) is 13.4. The Labute approximate surface area is 109 Å². The second-order valence-corrected chi connectivity index (χ2v) is 3.96. The van der Waals surface area contributed by atoms with E-state index in [0.29, 0.717) is 13.1 Å². The molecule has 1 heterocycles. The van der Waals surface area contributed by atoms with Crippen molar-refractivity contribution in [1.29, 1.82) is 0 Å². The Morgan fingerprint density at radius 3 is 2.68 bits per heavy atom. The Balaban J connectivity index is 1.85. The number of ether oxygens (including phenoxy) is 1. The van der Waals surface area contributed by atoms with Crippen LogP contribution in [-0.4, -0.2) is 28.6 Å². The molecule has 7 heteroatoms. The fraction of sp³-hybridized carbons (Fsp3) is 0.333. The zero-order valence-corrected chi connectivity index (χ0v) is 10.4. The zero-order valence-electron chi connectivity index (χ0n) is 10.4. The summed E-state index contributed by atoms with van der Waals surface area (Å²) in [4.78, 5) is 0. The van der Waals surface area contributed by atoms with Crippen molar-refractivity contribution in [3.05, 3.63) is 41.7 Å². The lowest BCUT2D eigenvalue weighted by Crippen LogP contribution is -2.09. The third kappa shape index (κ3) is 3.99. The van der Waals surface area contributed by atoms with Gasteiger partial charge in [-0.3, -0.25) is 0 Å². The number of nitrogens with zero attached hydrogens (tertiary/aromatic N) is 3. The van der Waals surface area contributed by atoms with Crippen LogP contribution in [0.25, 0.3) is 0 Å². The van der Waals surface area contributed by atoms with E-state index >= 15 is 0 Å². The van der Waals surface area contributed by atoms with E-state index in [1.165, 1.54) is 0 Å². The first-order valence-electron chi connectivity index (χ1n) is 5.80. The van der Waals surface area contributed by atoms with Crippen molar-refractivity contribution in [3.8, 4) is 5.75 Å². The second-order valence-electron chi connectivity index (χ2n) is 3.96. The van der Waals surface area contributed by atoms with E-state index in [4.69, 9.17) is 4.74 Å². The van der Waals surface area contributed by atoms with Crippen LogP contribution in [0, 0.1) is 11.6 Å². The molecule has 0 atom stereocenters. The molecule has 0 aliphatic heterocycles. The highest BCUT2D eigenvalue weighted by Crippen LogP contribution is 2.15. The topological polar surface area (TPSA) is 52.0 Å². The third-order valence-electron chi connectivity index (χ3n) is 2.37.